The maximum atomic E-state index is 5.38. The minimum atomic E-state index is 0.447. The third-order valence-corrected chi connectivity index (χ3v) is 4.79. The quantitative estimate of drug-likeness (QED) is 0.860. The van der Waals surface area contributed by atoms with Crippen molar-refractivity contribution in [1.29, 1.82) is 0 Å². The molecule has 1 aliphatic heterocycles. The van der Waals surface area contributed by atoms with Gasteiger partial charge in [0.15, 0.2) is 5.82 Å². The van der Waals surface area contributed by atoms with E-state index in [0.717, 1.165) is 24.6 Å². The summed E-state index contributed by atoms with van der Waals surface area (Å²) in [4.78, 5) is 4.57. The van der Waals surface area contributed by atoms with E-state index in [-0.39, 0.29) is 0 Å². The summed E-state index contributed by atoms with van der Waals surface area (Å²) in [6, 6.07) is 0.447. The monoisotopic (exact) mass is 269 g/mol. The van der Waals surface area contributed by atoms with Crippen molar-refractivity contribution in [2.45, 2.75) is 56.7 Å². The molecule has 4 nitrogen and oxygen atoms in total. The van der Waals surface area contributed by atoms with Crippen molar-refractivity contribution in [3.8, 4) is 0 Å². The summed E-state index contributed by atoms with van der Waals surface area (Å²) >= 11 is 1.96. The minimum Gasteiger partial charge on any atom is -0.339 e. The van der Waals surface area contributed by atoms with E-state index in [1.165, 1.54) is 31.4 Å². The second-order valence-electron chi connectivity index (χ2n) is 4.88. The lowest BCUT2D eigenvalue weighted by Gasteiger charge is -2.17. The first kappa shape index (κ1) is 13.9. The van der Waals surface area contributed by atoms with Crippen molar-refractivity contribution in [2.24, 2.45) is 0 Å². The van der Waals surface area contributed by atoms with Crippen LogP contribution in [-0.4, -0.2) is 29.0 Å². The molecule has 1 aromatic heterocycles. The first-order chi connectivity index (χ1) is 8.83. The van der Waals surface area contributed by atoms with Gasteiger partial charge in [0.1, 0.15) is 0 Å². The molecular weight excluding hydrogens is 246 g/mol. The largest absolute Gasteiger partial charge is 0.339 e. The highest BCUT2D eigenvalue weighted by Gasteiger charge is 2.22. The standard InChI is InChI=1S/C13H23N3OS/c1-3-6-10(14-2)9-12-15-13(16-17-12)11-7-4-5-8-18-11/h10-11,14H,3-9H2,1-2H3. The van der Waals surface area contributed by atoms with Crippen LogP contribution in [0.5, 0.6) is 0 Å². The Morgan fingerprint density at radius 1 is 1.50 bits per heavy atom. The summed E-state index contributed by atoms with van der Waals surface area (Å²) in [5.74, 6) is 2.91. The van der Waals surface area contributed by atoms with E-state index >= 15 is 0 Å². The number of rotatable bonds is 6. The van der Waals surface area contributed by atoms with E-state index in [1.54, 1.807) is 0 Å². The SMILES string of the molecule is CCCC(Cc1nc(C2CCCCS2)no1)NC. The molecule has 102 valence electrons. The number of aromatic nitrogens is 2. The normalized spacial score (nSPS) is 22.0. The highest BCUT2D eigenvalue weighted by molar-refractivity contribution is 7.99. The van der Waals surface area contributed by atoms with E-state index in [4.69, 9.17) is 4.52 Å². The first-order valence-corrected chi connectivity index (χ1v) is 7.99. The Morgan fingerprint density at radius 3 is 3.06 bits per heavy atom. The fourth-order valence-electron chi connectivity index (χ4n) is 2.33. The van der Waals surface area contributed by atoms with Gasteiger partial charge in [-0.1, -0.05) is 24.9 Å². The van der Waals surface area contributed by atoms with Gasteiger partial charge in [0.2, 0.25) is 5.89 Å². The average molecular weight is 269 g/mol. The van der Waals surface area contributed by atoms with Crippen LogP contribution < -0.4 is 5.32 Å². The van der Waals surface area contributed by atoms with Crippen LogP contribution in [0.2, 0.25) is 0 Å². The van der Waals surface area contributed by atoms with Gasteiger partial charge in [-0.15, -0.1) is 0 Å². The summed E-state index contributed by atoms with van der Waals surface area (Å²) in [7, 11) is 1.99. The maximum Gasteiger partial charge on any atom is 0.228 e. The highest BCUT2D eigenvalue weighted by Crippen LogP contribution is 2.36. The van der Waals surface area contributed by atoms with Gasteiger partial charge in [-0.3, -0.25) is 0 Å². The van der Waals surface area contributed by atoms with Crippen molar-refractivity contribution in [3.63, 3.8) is 0 Å². The number of nitrogens with zero attached hydrogens (tertiary/aromatic N) is 2. The molecule has 1 fully saturated rings. The second kappa shape index (κ2) is 7.14. The zero-order valence-electron chi connectivity index (χ0n) is 11.3. The van der Waals surface area contributed by atoms with Crippen molar-refractivity contribution < 1.29 is 4.52 Å². The zero-order chi connectivity index (χ0) is 12.8. The molecule has 1 aromatic rings. The van der Waals surface area contributed by atoms with Crippen LogP contribution in [0.25, 0.3) is 0 Å². The van der Waals surface area contributed by atoms with Gasteiger partial charge in [0, 0.05) is 12.5 Å². The number of nitrogens with one attached hydrogen (secondary N) is 1. The predicted octanol–water partition coefficient (Wildman–Crippen LogP) is 2.96. The number of thioether (sulfide) groups is 1. The second-order valence-corrected chi connectivity index (χ2v) is 6.19. The van der Waals surface area contributed by atoms with Gasteiger partial charge in [0.05, 0.1) is 5.25 Å². The lowest BCUT2D eigenvalue weighted by atomic mass is 10.1. The summed E-state index contributed by atoms with van der Waals surface area (Å²) in [6.45, 7) is 2.20. The molecule has 0 bridgehead atoms. The molecule has 2 rings (SSSR count). The van der Waals surface area contributed by atoms with Crippen LogP contribution in [0.15, 0.2) is 4.52 Å². The van der Waals surface area contributed by atoms with Crippen molar-refractivity contribution >= 4 is 11.8 Å². The van der Waals surface area contributed by atoms with Crippen molar-refractivity contribution in [2.75, 3.05) is 12.8 Å². The smallest absolute Gasteiger partial charge is 0.228 e. The molecule has 0 aromatic carbocycles. The Labute approximate surface area is 113 Å². The summed E-state index contributed by atoms with van der Waals surface area (Å²) in [5, 5.41) is 7.91. The number of hydrogen-bond donors (Lipinski definition) is 1. The Morgan fingerprint density at radius 2 is 2.39 bits per heavy atom. The van der Waals surface area contributed by atoms with Gasteiger partial charge in [-0.05, 0) is 32.1 Å². The molecule has 1 N–H and O–H groups in total. The molecule has 5 heteroatoms. The topological polar surface area (TPSA) is 51.0 Å². The zero-order valence-corrected chi connectivity index (χ0v) is 12.1. The molecule has 0 aliphatic carbocycles. The number of hydrogen-bond acceptors (Lipinski definition) is 5. The number of likely N-dealkylation sites (N-methyl/N-ethyl adjacent to an activating group) is 1. The molecule has 0 amide bonds. The van der Waals surface area contributed by atoms with Crippen LogP contribution in [0, 0.1) is 0 Å². The van der Waals surface area contributed by atoms with Crippen molar-refractivity contribution in [1.82, 2.24) is 15.5 Å². The molecule has 0 spiro atoms. The summed E-state index contributed by atoms with van der Waals surface area (Å²) < 4.78 is 5.38. The van der Waals surface area contributed by atoms with E-state index in [0.29, 0.717) is 11.3 Å². The molecule has 1 saturated heterocycles. The van der Waals surface area contributed by atoms with Gasteiger partial charge < -0.3 is 9.84 Å². The van der Waals surface area contributed by atoms with E-state index in [2.05, 4.69) is 22.4 Å². The summed E-state index contributed by atoms with van der Waals surface area (Å²) in [6.07, 6.45) is 6.96. The minimum absolute atomic E-state index is 0.447. The lowest BCUT2D eigenvalue weighted by Crippen LogP contribution is -2.27. The van der Waals surface area contributed by atoms with Crippen LogP contribution in [0.3, 0.4) is 0 Å². The predicted molar refractivity (Wildman–Crippen MR) is 74.8 cm³/mol. The van der Waals surface area contributed by atoms with E-state index in [9.17, 15) is 0 Å². The molecule has 1 aliphatic rings. The van der Waals surface area contributed by atoms with Crippen LogP contribution in [0.1, 0.15) is 56.0 Å². The third-order valence-electron chi connectivity index (χ3n) is 3.42. The van der Waals surface area contributed by atoms with E-state index in [1.807, 2.05) is 18.8 Å². The molecular formula is C13H23N3OS. The fourth-order valence-corrected chi connectivity index (χ4v) is 3.57. The Bertz CT molecular complexity index is 350. The molecule has 2 atom stereocenters. The fraction of sp³-hybridized carbons (Fsp3) is 0.846. The highest BCUT2D eigenvalue weighted by atomic mass is 32.2. The van der Waals surface area contributed by atoms with Gasteiger partial charge >= 0.3 is 0 Å². The third kappa shape index (κ3) is 3.72. The van der Waals surface area contributed by atoms with Crippen LogP contribution >= 0.6 is 11.8 Å². The van der Waals surface area contributed by atoms with Gasteiger partial charge in [-0.2, -0.15) is 16.7 Å². The molecule has 18 heavy (non-hydrogen) atoms. The van der Waals surface area contributed by atoms with Gasteiger partial charge in [-0.25, -0.2) is 0 Å². The summed E-state index contributed by atoms with van der Waals surface area (Å²) in [5.41, 5.74) is 0. The molecule has 2 heterocycles. The molecule has 0 saturated carbocycles. The Hall–Kier alpha value is -0.550. The Kier molecular flexibility index (Phi) is 5.50. The Balaban J connectivity index is 1.92. The molecule has 2 unspecified atom stereocenters. The van der Waals surface area contributed by atoms with Crippen LogP contribution in [0.4, 0.5) is 0 Å². The first-order valence-electron chi connectivity index (χ1n) is 6.94. The lowest BCUT2D eigenvalue weighted by molar-refractivity contribution is 0.351. The van der Waals surface area contributed by atoms with Crippen LogP contribution in [-0.2, 0) is 6.42 Å². The van der Waals surface area contributed by atoms with E-state index < -0.39 is 0 Å². The average Bonchev–Trinajstić information content (AvgIpc) is 2.88. The maximum absolute atomic E-state index is 5.38. The molecule has 0 radical (unpaired) electrons. The van der Waals surface area contributed by atoms with Crippen molar-refractivity contribution in [3.05, 3.63) is 11.7 Å². The van der Waals surface area contributed by atoms with Gasteiger partial charge in [0.25, 0.3) is 0 Å².